The Balaban J connectivity index is 2.60. The van der Waals surface area contributed by atoms with Crippen LogP contribution in [0.3, 0.4) is 0 Å². The fraction of sp³-hybridized carbons (Fsp3) is 0.250. The van der Waals surface area contributed by atoms with Crippen molar-refractivity contribution in [2.24, 2.45) is 0 Å². The molecule has 2 aromatic rings. The van der Waals surface area contributed by atoms with Crippen molar-refractivity contribution in [3.05, 3.63) is 41.2 Å². The molecular formula is C12H13ClN2O2. The van der Waals surface area contributed by atoms with Crippen molar-refractivity contribution in [1.29, 1.82) is 0 Å². The van der Waals surface area contributed by atoms with Crippen molar-refractivity contribution in [3.8, 4) is 11.4 Å². The molecule has 0 aliphatic carbocycles. The zero-order valence-corrected chi connectivity index (χ0v) is 10.3. The van der Waals surface area contributed by atoms with E-state index in [1.165, 1.54) is 0 Å². The minimum Gasteiger partial charge on any atom is -0.496 e. The van der Waals surface area contributed by atoms with Crippen LogP contribution in [0.5, 0.6) is 5.75 Å². The van der Waals surface area contributed by atoms with Gasteiger partial charge in [-0.25, -0.2) is 4.68 Å². The first-order valence-electron chi connectivity index (χ1n) is 5.19. The van der Waals surface area contributed by atoms with Gasteiger partial charge in [0.2, 0.25) is 0 Å². The number of benzene rings is 1. The van der Waals surface area contributed by atoms with E-state index >= 15 is 0 Å². The highest BCUT2D eigenvalue weighted by Gasteiger charge is 2.15. The molecule has 2 rings (SSSR count). The smallest absolute Gasteiger partial charge is 0.126 e. The summed E-state index contributed by atoms with van der Waals surface area (Å²) in [4.78, 5) is 0. The summed E-state index contributed by atoms with van der Waals surface area (Å²) < 4.78 is 6.86. The van der Waals surface area contributed by atoms with Gasteiger partial charge in [0, 0.05) is 11.8 Å². The van der Waals surface area contributed by atoms with Gasteiger partial charge >= 0.3 is 0 Å². The maximum atomic E-state index is 9.83. The second-order valence-corrected chi connectivity index (χ2v) is 4.11. The lowest BCUT2D eigenvalue weighted by atomic mass is 10.1. The summed E-state index contributed by atoms with van der Waals surface area (Å²) in [6.45, 7) is 1.69. The molecule has 0 spiro atoms. The van der Waals surface area contributed by atoms with E-state index in [0.29, 0.717) is 16.3 Å². The average molecular weight is 253 g/mol. The molecule has 0 saturated heterocycles. The van der Waals surface area contributed by atoms with E-state index in [4.69, 9.17) is 16.3 Å². The molecule has 0 fully saturated rings. The number of methoxy groups -OCH3 is 1. The number of aliphatic hydroxyl groups is 1. The minimum absolute atomic E-state index is 0.546. The van der Waals surface area contributed by atoms with E-state index in [2.05, 4.69) is 5.10 Å². The summed E-state index contributed by atoms with van der Waals surface area (Å²) in [5.41, 5.74) is 1.45. The van der Waals surface area contributed by atoms with Crippen LogP contribution in [0.2, 0.25) is 5.02 Å². The van der Waals surface area contributed by atoms with Crippen molar-refractivity contribution >= 4 is 11.6 Å². The number of hydrogen-bond donors (Lipinski definition) is 1. The van der Waals surface area contributed by atoms with E-state index in [-0.39, 0.29) is 0 Å². The van der Waals surface area contributed by atoms with Gasteiger partial charge in [0.05, 0.1) is 30.1 Å². The number of nitrogens with zero attached hydrogens (tertiary/aromatic N) is 2. The lowest BCUT2D eigenvalue weighted by Crippen LogP contribution is -2.05. The van der Waals surface area contributed by atoms with Crippen molar-refractivity contribution in [3.63, 3.8) is 0 Å². The Morgan fingerprint density at radius 1 is 1.47 bits per heavy atom. The summed E-state index contributed by atoms with van der Waals surface area (Å²) in [6.07, 6.45) is 2.58. The van der Waals surface area contributed by atoms with Crippen LogP contribution in [0.25, 0.3) is 5.69 Å². The predicted octanol–water partition coefficient (Wildman–Crippen LogP) is 2.59. The van der Waals surface area contributed by atoms with Gasteiger partial charge in [-0.3, -0.25) is 0 Å². The number of hydrogen-bond acceptors (Lipinski definition) is 3. The molecule has 4 nitrogen and oxygen atoms in total. The third-order valence-electron chi connectivity index (χ3n) is 2.48. The van der Waals surface area contributed by atoms with Crippen LogP contribution in [0.1, 0.15) is 18.6 Å². The van der Waals surface area contributed by atoms with Crippen molar-refractivity contribution in [2.45, 2.75) is 13.0 Å². The summed E-state index contributed by atoms with van der Waals surface area (Å²) in [5, 5.41) is 14.5. The van der Waals surface area contributed by atoms with Crippen molar-refractivity contribution < 1.29 is 9.84 Å². The molecule has 0 saturated carbocycles. The second-order valence-electron chi connectivity index (χ2n) is 3.67. The highest BCUT2D eigenvalue weighted by molar-refractivity contribution is 6.30. The largest absolute Gasteiger partial charge is 0.496 e. The van der Waals surface area contributed by atoms with Crippen LogP contribution in [0, 0.1) is 0 Å². The maximum Gasteiger partial charge on any atom is 0.126 e. The predicted molar refractivity (Wildman–Crippen MR) is 65.8 cm³/mol. The zero-order chi connectivity index (χ0) is 12.4. The van der Waals surface area contributed by atoms with Gasteiger partial charge in [0.15, 0.2) is 0 Å². The molecule has 1 heterocycles. The molecule has 1 atom stereocenters. The Morgan fingerprint density at radius 3 is 2.76 bits per heavy atom. The third-order valence-corrected chi connectivity index (χ3v) is 2.67. The number of halogens is 1. The van der Waals surface area contributed by atoms with Crippen molar-refractivity contribution in [1.82, 2.24) is 9.78 Å². The molecule has 0 aliphatic heterocycles. The van der Waals surface area contributed by atoms with Gasteiger partial charge in [-0.1, -0.05) is 17.7 Å². The number of rotatable bonds is 3. The van der Waals surface area contributed by atoms with Gasteiger partial charge in [-0.15, -0.1) is 0 Å². The minimum atomic E-state index is -0.649. The molecule has 0 aliphatic rings. The summed E-state index contributed by atoms with van der Waals surface area (Å²) in [5.74, 6) is 0.629. The lowest BCUT2D eigenvalue weighted by molar-refractivity contribution is 0.194. The first-order chi connectivity index (χ1) is 8.13. The van der Waals surface area contributed by atoms with E-state index in [1.54, 1.807) is 37.2 Å². The second kappa shape index (κ2) is 4.77. The summed E-state index contributed by atoms with van der Waals surface area (Å²) in [7, 11) is 1.57. The highest BCUT2D eigenvalue weighted by Crippen LogP contribution is 2.31. The Bertz CT molecular complexity index is 523. The summed E-state index contributed by atoms with van der Waals surface area (Å²) in [6, 6.07) is 5.50. The Labute approximate surface area is 104 Å². The standard InChI is InChI=1S/C12H13ClN2O2/c1-8(16)12-10(4-3-5-11(12)17-2)15-7-9(13)6-14-15/h3-8,16H,1-2H3/t8-/m0/s1. The Kier molecular flexibility index (Phi) is 3.36. The van der Waals surface area contributed by atoms with E-state index in [0.717, 1.165) is 5.69 Å². The molecule has 5 heteroatoms. The van der Waals surface area contributed by atoms with Crippen LogP contribution < -0.4 is 4.74 Å². The molecule has 1 N–H and O–H groups in total. The molecular weight excluding hydrogens is 240 g/mol. The van der Waals surface area contributed by atoms with Crippen LogP contribution in [0.15, 0.2) is 30.6 Å². The molecule has 1 aromatic heterocycles. The van der Waals surface area contributed by atoms with Gasteiger partial charge in [-0.05, 0) is 19.1 Å². The average Bonchev–Trinajstić information content (AvgIpc) is 2.74. The normalized spacial score (nSPS) is 12.5. The number of aliphatic hydroxyl groups excluding tert-OH is 1. The molecule has 0 unspecified atom stereocenters. The van der Waals surface area contributed by atoms with E-state index < -0.39 is 6.10 Å². The topological polar surface area (TPSA) is 47.3 Å². The van der Waals surface area contributed by atoms with Gasteiger partial charge < -0.3 is 9.84 Å². The quantitative estimate of drug-likeness (QED) is 0.913. The van der Waals surface area contributed by atoms with Crippen LogP contribution in [0.4, 0.5) is 0 Å². The fourth-order valence-corrected chi connectivity index (χ4v) is 1.90. The zero-order valence-electron chi connectivity index (χ0n) is 9.59. The lowest BCUT2D eigenvalue weighted by Gasteiger charge is -2.15. The fourth-order valence-electron chi connectivity index (χ4n) is 1.76. The van der Waals surface area contributed by atoms with Crippen LogP contribution in [-0.4, -0.2) is 22.0 Å². The molecule has 17 heavy (non-hydrogen) atoms. The van der Waals surface area contributed by atoms with Gasteiger partial charge in [0.1, 0.15) is 5.75 Å². The number of aromatic nitrogens is 2. The summed E-state index contributed by atoms with van der Waals surface area (Å²) >= 11 is 5.84. The monoisotopic (exact) mass is 252 g/mol. The van der Waals surface area contributed by atoms with Crippen LogP contribution in [-0.2, 0) is 0 Å². The highest BCUT2D eigenvalue weighted by atomic mass is 35.5. The Hall–Kier alpha value is -1.52. The SMILES string of the molecule is COc1cccc(-n2cc(Cl)cn2)c1[C@H](C)O. The molecule has 0 bridgehead atoms. The molecule has 90 valence electrons. The van der Waals surface area contributed by atoms with Crippen molar-refractivity contribution in [2.75, 3.05) is 7.11 Å². The van der Waals surface area contributed by atoms with E-state index in [9.17, 15) is 5.11 Å². The molecule has 0 amide bonds. The molecule has 1 aromatic carbocycles. The third kappa shape index (κ3) is 2.28. The van der Waals surface area contributed by atoms with E-state index in [1.807, 2.05) is 12.1 Å². The van der Waals surface area contributed by atoms with Gasteiger partial charge in [-0.2, -0.15) is 5.10 Å². The molecule has 0 radical (unpaired) electrons. The maximum absolute atomic E-state index is 9.83. The first-order valence-corrected chi connectivity index (χ1v) is 5.56. The van der Waals surface area contributed by atoms with Gasteiger partial charge in [0.25, 0.3) is 0 Å². The number of ether oxygens (including phenoxy) is 1. The first kappa shape index (κ1) is 12.0. The Morgan fingerprint density at radius 2 is 2.24 bits per heavy atom. The van der Waals surface area contributed by atoms with Crippen LogP contribution >= 0.6 is 11.6 Å².